The van der Waals surface area contributed by atoms with E-state index in [1.165, 1.54) is 12.8 Å². The van der Waals surface area contributed by atoms with Gasteiger partial charge in [0.15, 0.2) is 0 Å². The standard InChI is InChI=1S/C8H19N.H3N/c1-4-6-8(3,9)7-5-2;/h4-7,9H2,1-3H3;1H3. The van der Waals surface area contributed by atoms with E-state index in [1.807, 2.05) is 0 Å². The van der Waals surface area contributed by atoms with Gasteiger partial charge in [-0.2, -0.15) is 0 Å². The van der Waals surface area contributed by atoms with Gasteiger partial charge in [-0.25, -0.2) is 0 Å². The molecule has 2 heteroatoms. The summed E-state index contributed by atoms with van der Waals surface area (Å²) in [5, 5.41) is 0. The Morgan fingerprint density at radius 1 is 1.10 bits per heavy atom. The highest BCUT2D eigenvalue weighted by molar-refractivity contribution is 4.76. The molecular weight excluding hydrogens is 124 g/mol. The van der Waals surface area contributed by atoms with Crippen molar-refractivity contribution in [2.75, 3.05) is 0 Å². The van der Waals surface area contributed by atoms with Crippen LogP contribution in [0.1, 0.15) is 46.5 Å². The molecule has 2 nitrogen and oxygen atoms in total. The van der Waals surface area contributed by atoms with E-state index in [9.17, 15) is 0 Å². The van der Waals surface area contributed by atoms with Gasteiger partial charge >= 0.3 is 0 Å². The number of hydrogen-bond acceptors (Lipinski definition) is 2. The van der Waals surface area contributed by atoms with E-state index < -0.39 is 0 Å². The highest BCUT2D eigenvalue weighted by atomic mass is 14.7. The van der Waals surface area contributed by atoms with Gasteiger partial charge in [0.25, 0.3) is 0 Å². The van der Waals surface area contributed by atoms with Crippen molar-refractivity contribution in [2.24, 2.45) is 5.73 Å². The Balaban J connectivity index is 0. The fourth-order valence-corrected chi connectivity index (χ4v) is 1.27. The molecule has 0 atom stereocenters. The minimum Gasteiger partial charge on any atom is -0.344 e. The Hall–Kier alpha value is -0.0800. The molecule has 0 aromatic rings. The third-order valence-electron chi connectivity index (χ3n) is 1.64. The van der Waals surface area contributed by atoms with Crippen LogP contribution in [0.4, 0.5) is 0 Å². The van der Waals surface area contributed by atoms with Crippen LogP contribution in [0.2, 0.25) is 0 Å². The van der Waals surface area contributed by atoms with Crippen molar-refractivity contribution >= 4 is 0 Å². The zero-order valence-electron chi connectivity index (χ0n) is 7.61. The molecule has 0 aromatic heterocycles. The zero-order valence-corrected chi connectivity index (χ0v) is 7.61. The first-order valence-corrected chi connectivity index (χ1v) is 3.91. The lowest BCUT2D eigenvalue weighted by Crippen LogP contribution is -2.35. The molecule has 0 saturated carbocycles. The van der Waals surface area contributed by atoms with Gasteiger partial charge in [0, 0.05) is 5.54 Å². The van der Waals surface area contributed by atoms with Gasteiger partial charge in [-0.3, -0.25) is 0 Å². The predicted molar refractivity (Wildman–Crippen MR) is 47.4 cm³/mol. The highest BCUT2D eigenvalue weighted by Gasteiger charge is 2.14. The molecule has 0 amide bonds. The van der Waals surface area contributed by atoms with Crippen molar-refractivity contribution in [3.05, 3.63) is 0 Å². The minimum absolute atomic E-state index is 0. The largest absolute Gasteiger partial charge is 0.344 e. The fraction of sp³-hybridized carbons (Fsp3) is 1.00. The van der Waals surface area contributed by atoms with Crippen LogP contribution in [-0.4, -0.2) is 5.54 Å². The van der Waals surface area contributed by atoms with E-state index in [4.69, 9.17) is 5.73 Å². The molecular formula is C8H22N2. The molecule has 0 aromatic carbocycles. The van der Waals surface area contributed by atoms with E-state index in [0.717, 1.165) is 12.8 Å². The number of nitrogens with two attached hydrogens (primary N) is 1. The van der Waals surface area contributed by atoms with Crippen molar-refractivity contribution in [2.45, 2.75) is 52.0 Å². The van der Waals surface area contributed by atoms with E-state index in [-0.39, 0.29) is 11.7 Å². The first kappa shape index (κ1) is 12.6. The predicted octanol–water partition coefficient (Wildman–Crippen LogP) is 2.47. The Morgan fingerprint density at radius 2 is 1.40 bits per heavy atom. The molecule has 0 fully saturated rings. The first-order chi connectivity index (χ1) is 4.12. The average molecular weight is 146 g/mol. The van der Waals surface area contributed by atoms with Crippen LogP contribution < -0.4 is 11.9 Å². The van der Waals surface area contributed by atoms with Crippen molar-refractivity contribution in [1.82, 2.24) is 6.15 Å². The third-order valence-corrected chi connectivity index (χ3v) is 1.64. The van der Waals surface area contributed by atoms with Gasteiger partial charge in [0.2, 0.25) is 0 Å². The van der Waals surface area contributed by atoms with Gasteiger partial charge < -0.3 is 11.9 Å². The summed E-state index contributed by atoms with van der Waals surface area (Å²) in [7, 11) is 0. The summed E-state index contributed by atoms with van der Waals surface area (Å²) < 4.78 is 0. The zero-order chi connectivity index (χ0) is 7.33. The molecule has 0 saturated heterocycles. The number of rotatable bonds is 4. The maximum atomic E-state index is 5.94. The third kappa shape index (κ3) is 6.05. The van der Waals surface area contributed by atoms with Crippen molar-refractivity contribution in [3.63, 3.8) is 0 Å². The molecule has 0 heterocycles. The highest BCUT2D eigenvalue weighted by Crippen LogP contribution is 2.14. The summed E-state index contributed by atoms with van der Waals surface area (Å²) in [4.78, 5) is 0. The topological polar surface area (TPSA) is 61.0 Å². The molecule has 0 unspecified atom stereocenters. The van der Waals surface area contributed by atoms with Crippen molar-refractivity contribution in [3.8, 4) is 0 Å². The van der Waals surface area contributed by atoms with E-state index in [2.05, 4.69) is 20.8 Å². The van der Waals surface area contributed by atoms with Gasteiger partial charge in [0.1, 0.15) is 0 Å². The Labute approximate surface area is 64.8 Å². The van der Waals surface area contributed by atoms with E-state index in [0.29, 0.717) is 0 Å². The molecule has 0 spiro atoms. The van der Waals surface area contributed by atoms with Crippen molar-refractivity contribution < 1.29 is 0 Å². The summed E-state index contributed by atoms with van der Waals surface area (Å²) in [5.74, 6) is 0. The van der Waals surface area contributed by atoms with Gasteiger partial charge in [0.05, 0.1) is 0 Å². The minimum atomic E-state index is 0. The van der Waals surface area contributed by atoms with Crippen LogP contribution in [0.5, 0.6) is 0 Å². The molecule has 5 N–H and O–H groups in total. The molecule has 0 radical (unpaired) electrons. The summed E-state index contributed by atoms with van der Waals surface area (Å²) in [6.07, 6.45) is 4.71. The quantitative estimate of drug-likeness (QED) is 0.640. The SMILES string of the molecule is CCCC(C)(N)CCC.N. The summed E-state index contributed by atoms with van der Waals surface area (Å²) >= 11 is 0. The van der Waals surface area contributed by atoms with Crippen LogP contribution in [0.3, 0.4) is 0 Å². The normalized spacial score (nSPS) is 10.8. The van der Waals surface area contributed by atoms with Crippen LogP contribution in [0.25, 0.3) is 0 Å². The van der Waals surface area contributed by atoms with E-state index >= 15 is 0 Å². The van der Waals surface area contributed by atoms with Gasteiger partial charge in [-0.05, 0) is 19.8 Å². The van der Waals surface area contributed by atoms with E-state index in [1.54, 1.807) is 0 Å². The molecule has 0 aliphatic heterocycles. The monoisotopic (exact) mass is 146 g/mol. The Bertz CT molecular complexity index is 61.7. The maximum absolute atomic E-state index is 5.94. The Kier molecular flexibility index (Phi) is 7.15. The lowest BCUT2D eigenvalue weighted by atomic mass is 9.92. The Morgan fingerprint density at radius 3 is 1.60 bits per heavy atom. The van der Waals surface area contributed by atoms with Gasteiger partial charge in [-0.1, -0.05) is 26.7 Å². The molecule has 0 aliphatic carbocycles. The van der Waals surface area contributed by atoms with Crippen LogP contribution in [0.15, 0.2) is 0 Å². The van der Waals surface area contributed by atoms with Crippen molar-refractivity contribution in [1.29, 1.82) is 0 Å². The fourth-order valence-electron chi connectivity index (χ4n) is 1.27. The van der Waals surface area contributed by atoms with Crippen LogP contribution in [-0.2, 0) is 0 Å². The summed E-state index contributed by atoms with van der Waals surface area (Å²) in [5.41, 5.74) is 6.04. The molecule has 64 valence electrons. The average Bonchev–Trinajstić information content (AvgIpc) is 1.64. The smallest absolute Gasteiger partial charge is 0.0125 e. The molecule has 0 aliphatic rings. The molecule has 0 bridgehead atoms. The second-order valence-corrected chi connectivity index (χ2v) is 3.15. The maximum Gasteiger partial charge on any atom is 0.0125 e. The second kappa shape index (κ2) is 5.69. The number of hydrogen-bond donors (Lipinski definition) is 2. The lowest BCUT2D eigenvalue weighted by Gasteiger charge is -2.22. The second-order valence-electron chi connectivity index (χ2n) is 3.15. The lowest BCUT2D eigenvalue weighted by molar-refractivity contribution is 0.393. The summed E-state index contributed by atoms with van der Waals surface area (Å²) in [6, 6.07) is 0. The first-order valence-electron chi connectivity index (χ1n) is 3.91. The van der Waals surface area contributed by atoms with Crippen LogP contribution >= 0.6 is 0 Å². The van der Waals surface area contributed by atoms with Crippen LogP contribution in [0, 0.1) is 0 Å². The molecule has 0 rings (SSSR count). The summed E-state index contributed by atoms with van der Waals surface area (Å²) in [6.45, 7) is 6.50. The van der Waals surface area contributed by atoms with Gasteiger partial charge in [-0.15, -0.1) is 0 Å². The molecule has 10 heavy (non-hydrogen) atoms.